The van der Waals surface area contributed by atoms with Crippen LogP contribution in [0.15, 0.2) is 35.1 Å². The summed E-state index contributed by atoms with van der Waals surface area (Å²) in [5.74, 6) is -1.21. The van der Waals surface area contributed by atoms with Crippen LogP contribution in [0.25, 0.3) is 0 Å². The number of aromatic nitrogens is 2. The van der Waals surface area contributed by atoms with E-state index in [1.54, 1.807) is 6.92 Å². The van der Waals surface area contributed by atoms with Gasteiger partial charge in [-0.3, -0.25) is 9.36 Å². The van der Waals surface area contributed by atoms with Crippen LogP contribution in [-0.4, -0.2) is 20.6 Å². The molecule has 20 heavy (non-hydrogen) atoms. The SMILES string of the molecule is Cc1nc(C(=O)O)c(OCc2ccccc2)c(=O)n1C. The number of rotatable bonds is 4. The minimum absolute atomic E-state index is 0.112. The zero-order valence-corrected chi connectivity index (χ0v) is 11.2. The first-order chi connectivity index (χ1) is 9.50. The molecule has 1 aromatic carbocycles. The average molecular weight is 274 g/mol. The predicted octanol–water partition coefficient (Wildman–Crippen LogP) is 1.37. The van der Waals surface area contributed by atoms with Gasteiger partial charge in [0.15, 0.2) is 5.69 Å². The van der Waals surface area contributed by atoms with Gasteiger partial charge in [0.25, 0.3) is 5.56 Å². The molecule has 0 saturated carbocycles. The van der Waals surface area contributed by atoms with Crippen LogP contribution in [0.2, 0.25) is 0 Å². The fourth-order valence-electron chi connectivity index (χ4n) is 1.69. The molecule has 0 unspecified atom stereocenters. The summed E-state index contributed by atoms with van der Waals surface area (Å²) >= 11 is 0. The van der Waals surface area contributed by atoms with Crippen LogP contribution < -0.4 is 10.3 Å². The fraction of sp³-hybridized carbons (Fsp3) is 0.214. The Kier molecular flexibility index (Phi) is 3.84. The number of ether oxygens (including phenoxy) is 1. The molecule has 0 fully saturated rings. The van der Waals surface area contributed by atoms with Gasteiger partial charge in [0, 0.05) is 7.05 Å². The highest BCUT2D eigenvalue weighted by Gasteiger charge is 2.20. The Morgan fingerprint density at radius 1 is 1.35 bits per heavy atom. The lowest BCUT2D eigenvalue weighted by atomic mass is 10.2. The zero-order valence-electron chi connectivity index (χ0n) is 11.2. The van der Waals surface area contributed by atoms with Crippen molar-refractivity contribution in [1.82, 2.24) is 9.55 Å². The fourth-order valence-corrected chi connectivity index (χ4v) is 1.69. The van der Waals surface area contributed by atoms with Gasteiger partial charge in [0.05, 0.1) is 0 Å². The summed E-state index contributed by atoms with van der Waals surface area (Å²) in [6.45, 7) is 1.68. The minimum atomic E-state index is -1.28. The van der Waals surface area contributed by atoms with Crippen LogP contribution in [0, 0.1) is 6.92 Å². The molecule has 6 nitrogen and oxygen atoms in total. The molecule has 0 saturated heterocycles. The van der Waals surface area contributed by atoms with Gasteiger partial charge in [-0.15, -0.1) is 0 Å². The summed E-state index contributed by atoms with van der Waals surface area (Å²) in [7, 11) is 1.52. The highest BCUT2D eigenvalue weighted by Crippen LogP contribution is 2.13. The zero-order chi connectivity index (χ0) is 14.7. The number of aromatic carboxylic acids is 1. The van der Waals surface area contributed by atoms with E-state index in [1.807, 2.05) is 30.3 Å². The van der Waals surface area contributed by atoms with Crippen molar-refractivity contribution in [2.45, 2.75) is 13.5 Å². The van der Waals surface area contributed by atoms with Crippen molar-refractivity contribution in [3.63, 3.8) is 0 Å². The first-order valence-electron chi connectivity index (χ1n) is 5.98. The minimum Gasteiger partial charge on any atom is -0.481 e. The number of hydrogen-bond donors (Lipinski definition) is 1. The number of carboxylic acid groups (broad SMARTS) is 1. The average Bonchev–Trinajstić information content (AvgIpc) is 2.44. The number of aryl methyl sites for hydroxylation is 1. The predicted molar refractivity (Wildman–Crippen MR) is 71.9 cm³/mol. The maximum Gasteiger partial charge on any atom is 0.358 e. The second-order valence-electron chi connectivity index (χ2n) is 4.28. The van der Waals surface area contributed by atoms with Gasteiger partial charge < -0.3 is 9.84 Å². The van der Waals surface area contributed by atoms with Gasteiger partial charge in [0.2, 0.25) is 5.75 Å². The van der Waals surface area contributed by atoms with Gasteiger partial charge in [-0.05, 0) is 12.5 Å². The Balaban J connectivity index is 2.38. The molecular formula is C14H14N2O4. The van der Waals surface area contributed by atoms with Crippen LogP contribution in [-0.2, 0) is 13.7 Å². The first-order valence-corrected chi connectivity index (χ1v) is 5.98. The summed E-state index contributed by atoms with van der Waals surface area (Å²) in [5.41, 5.74) is -0.0289. The molecule has 0 aliphatic rings. The van der Waals surface area contributed by atoms with Crippen LogP contribution in [0.1, 0.15) is 21.9 Å². The van der Waals surface area contributed by atoms with Crippen molar-refractivity contribution in [3.8, 4) is 5.75 Å². The molecule has 0 atom stereocenters. The number of nitrogens with zero attached hydrogens (tertiary/aromatic N) is 2. The Hall–Kier alpha value is -2.63. The van der Waals surface area contributed by atoms with Gasteiger partial charge in [0.1, 0.15) is 12.4 Å². The molecule has 1 N–H and O–H groups in total. The number of benzene rings is 1. The Morgan fingerprint density at radius 2 is 2.00 bits per heavy atom. The lowest BCUT2D eigenvalue weighted by Gasteiger charge is -2.11. The van der Waals surface area contributed by atoms with E-state index in [4.69, 9.17) is 9.84 Å². The van der Waals surface area contributed by atoms with E-state index in [9.17, 15) is 9.59 Å². The monoisotopic (exact) mass is 274 g/mol. The van der Waals surface area contributed by atoms with Crippen LogP contribution in [0.5, 0.6) is 5.75 Å². The van der Waals surface area contributed by atoms with Crippen LogP contribution >= 0.6 is 0 Å². The van der Waals surface area contributed by atoms with E-state index in [2.05, 4.69) is 4.98 Å². The number of carboxylic acids is 1. The van der Waals surface area contributed by atoms with Crippen molar-refractivity contribution in [1.29, 1.82) is 0 Å². The van der Waals surface area contributed by atoms with E-state index in [0.717, 1.165) is 5.56 Å². The molecule has 2 aromatic rings. The summed E-state index contributed by atoms with van der Waals surface area (Å²) in [4.78, 5) is 27.1. The van der Waals surface area contributed by atoms with E-state index in [1.165, 1.54) is 11.6 Å². The molecule has 2 rings (SSSR count). The quantitative estimate of drug-likeness (QED) is 0.910. The summed E-state index contributed by atoms with van der Waals surface area (Å²) in [6.07, 6.45) is 0. The summed E-state index contributed by atoms with van der Waals surface area (Å²) in [6, 6.07) is 9.18. The molecule has 1 aromatic heterocycles. The molecule has 104 valence electrons. The van der Waals surface area contributed by atoms with E-state index >= 15 is 0 Å². The Labute approximate surface area is 115 Å². The maximum absolute atomic E-state index is 12.1. The van der Waals surface area contributed by atoms with Gasteiger partial charge in [-0.1, -0.05) is 30.3 Å². The van der Waals surface area contributed by atoms with Gasteiger partial charge in [-0.2, -0.15) is 0 Å². The summed E-state index contributed by atoms with van der Waals surface area (Å²) < 4.78 is 6.63. The number of carbonyl (C=O) groups is 1. The smallest absolute Gasteiger partial charge is 0.358 e. The largest absolute Gasteiger partial charge is 0.481 e. The van der Waals surface area contributed by atoms with E-state index < -0.39 is 11.5 Å². The standard InChI is InChI=1S/C14H14N2O4/c1-9-15-11(14(18)19)12(13(17)16(9)2)20-8-10-6-4-3-5-7-10/h3-7H,8H2,1-2H3,(H,18,19). The van der Waals surface area contributed by atoms with Crippen LogP contribution in [0.4, 0.5) is 0 Å². The van der Waals surface area contributed by atoms with Crippen molar-refractivity contribution in [3.05, 3.63) is 57.8 Å². The van der Waals surface area contributed by atoms with Crippen molar-refractivity contribution >= 4 is 5.97 Å². The Morgan fingerprint density at radius 3 is 2.60 bits per heavy atom. The topological polar surface area (TPSA) is 81.4 Å². The second kappa shape index (κ2) is 5.56. The highest BCUT2D eigenvalue weighted by atomic mass is 16.5. The highest BCUT2D eigenvalue weighted by molar-refractivity contribution is 5.88. The van der Waals surface area contributed by atoms with Crippen molar-refractivity contribution < 1.29 is 14.6 Å². The molecule has 0 aliphatic carbocycles. The number of hydrogen-bond acceptors (Lipinski definition) is 4. The lowest BCUT2D eigenvalue weighted by Crippen LogP contribution is -2.26. The third-order valence-corrected chi connectivity index (χ3v) is 2.90. The second-order valence-corrected chi connectivity index (χ2v) is 4.28. The molecule has 1 heterocycles. The molecule has 0 spiro atoms. The van der Waals surface area contributed by atoms with Gasteiger partial charge in [-0.25, -0.2) is 9.78 Å². The molecule has 6 heteroatoms. The lowest BCUT2D eigenvalue weighted by molar-refractivity contribution is 0.0683. The van der Waals surface area contributed by atoms with E-state index in [0.29, 0.717) is 5.82 Å². The van der Waals surface area contributed by atoms with Gasteiger partial charge >= 0.3 is 5.97 Å². The van der Waals surface area contributed by atoms with Crippen LogP contribution in [0.3, 0.4) is 0 Å². The molecular weight excluding hydrogens is 260 g/mol. The molecule has 0 bridgehead atoms. The third kappa shape index (κ3) is 2.69. The van der Waals surface area contributed by atoms with Crippen molar-refractivity contribution in [2.24, 2.45) is 7.05 Å². The maximum atomic E-state index is 12.1. The first kappa shape index (κ1) is 13.8. The molecule has 0 amide bonds. The van der Waals surface area contributed by atoms with E-state index in [-0.39, 0.29) is 18.1 Å². The summed E-state index contributed by atoms with van der Waals surface area (Å²) in [5, 5.41) is 9.11. The third-order valence-electron chi connectivity index (χ3n) is 2.90. The Bertz CT molecular complexity index is 692. The molecule has 0 aliphatic heterocycles. The molecule has 0 radical (unpaired) electrons. The normalized spacial score (nSPS) is 10.3. The van der Waals surface area contributed by atoms with Crippen molar-refractivity contribution in [2.75, 3.05) is 0 Å².